The van der Waals surface area contributed by atoms with Gasteiger partial charge in [0.1, 0.15) is 11.9 Å². The summed E-state index contributed by atoms with van der Waals surface area (Å²) in [5, 5.41) is 0. The van der Waals surface area contributed by atoms with Gasteiger partial charge in [-0.05, 0) is 42.7 Å². The van der Waals surface area contributed by atoms with E-state index in [2.05, 4.69) is 0 Å². The van der Waals surface area contributed by atoms with Crippen molar-refractivity contribution < 1.29 is 13.2 Å². The van der Waals surface area contributed by atoms with E-state index in [4.69, 9.17) is 4.74 Å². The van der Waals surface area contributed by atoms with Gasteiger partial charge in [0, 0.05) is 5.92 Å². The number of benzene rings is 1. The molecule has 5 atom stereocenters. The summed E-state index contributed by atoms with van der Waals surface area (Å²) < 4.78 is 29.7. The Morgan fingerprint density at radius 3 is 2.47 bits per heavy atom. The quantitative estimate of drug-likeness (QED) is 0.832. The van der Waals surface area contributed by atoms with Crippen LogP contribution in [0.4, 0.5) is 0 Å². The predicted molar refractivity (Wildman–Crippen MR) is 72.7 cm³/mol. The summed E-state index contributed by atoms with van der Waals surface area (Å²) in [4.78, 5) is 0. The first-order chi connectivity index (χ1) is 9.12. The summed E-state index contributed by atoms with van der Waals surface area (Å²) in [6.45, 7) is 0. The number of sulfone groups is 1. The lowest BCUT2D eigenvalue weighted by molar-refractivity contribution is 0.0911. The van der Waals surface area contributed by atoms with Gasteiger partial charge >= 0.3 is 0 Å². The molecule has 1 heterocycles. The van der Waals surface area contributed by atoms with Crippen LogP contribution in [0.25, 0.3) is 0 Å². The van der Waals surface area contributed by atoms with Crippen LogP contribution >= 0.6 is 0 Å². The molecule has 2 bridgehead atoms. The minimum absolute atomic E-state index is 0.224. The largest absolute Gasteiger partial charge is 0.490 e. The molecule has 1 saturated heterocycles. The van der Waals surface area contributed by atoms with Crippen LogP contribution in [0.15, 0.2) is 30.3 Å². The van der Waals surface area contributed by atoms with E-state index in [9.17, 15) is 8.42 Å². The maximum Gasteiger partial charge on any atom is 0.150 e. The van der Waals surface area contributed by atoms with Crippen molar-refractivity contribution in [3.63, 3.8) is 0 Å². The Kier molecular flexibility index (Phi) is 2.47. The van der Waals surface area contributed by atoms with Crippen molar-refractivity contribution in [2.75, 3.05) is 11.5 Å². The minimum atomic E-state index is -2.78. The van der Waals surface area contributed by atoms with Crippen LogP contribution in [-0.4, -0.2) is 26.0 Å². The molecular formula is C15H18O3S. The standard InChI is InChI=1S/C15H18O3S/c16-19(17)8-13-10-6-12(14(13)9-19)15(7-10)18-11-4-2-1-3-5-11/h1-5,10,12-15H,6-9H2/t10-,12-,13-,14-,15-/m1/s1. The fraction of sp³-hybridized carbons (Fsp3) is 0.600. The van der Waals surface area contributed by atoms with Crippen LogP contribution in [0.5, 0.6) is 5.75 Å². The fourth-order valence-electron chi connectivity index (χ4n) is 4.51. The number of rotatable bonds is 2. The molecule has 0 spiro atoms. The Labute approximate surface area is 113 Å². The molecule has 0 radical (unpaired) electrons. The highest BCUT2D eigenvalue weighted by Crippen LogP contribution is 2.56. The summed E-state index contributed by atoms with van der Waals surface area (Å²) >= 11 is 0. The number of hydrogen-bond donors (Lipinski definition) is 0. The lowest BCUT2D eigenvalue weighted by Gasteiger charge is -2.30. The molecule has 0 amide bonds. The Morgan fingerprint density at radius 1 is 0.947 bits per heavy atom. The maximum atomic E-state index is 11.8. The van der Waals surface area contributed by atoms with Crippen molar-refractivity contribution >= 4 is 9.84 Å². The average molecular weight is 278 g/mol. The zero-order valence-corrected chi connectivity index (χ0v) is 11.6. The van der Waals surface area contributed by atoms with Crippen LogP contribution < -0.4 is 4.74 Å². The summed E-state index contributed by atoms with van der Waals surface area (Å²) in [5.74, 6) is 3.54. The number of para-hydroxylation sites is 1. The second-order valence-electron chi connectivity index (χ2n) is 6.27. The van der Waals surface area contributed by atoms with Crippen LogP contribution in [0.1, 0.15) is 12.8 Å². The molecule has 1 aromatic rings. The molecule has 0 N–H and O–H groups in total. The molecule has 1 aliphatic heterocycles. The van der Waals surface area contributed by atoms with Crippen molar-refractivity contribution in [3.05, 3.63) is 30.3 Å². The zero-order valence-electron chi connectivity index (χ0n) is 10.7. The van der Waals surface area contributed by atoms with Gasteiger partial charge in [-0.15, -0.1) is 0 Å². The number of hydrogen-bond acceptors (Lipinski definition) is 3. The molecule has 19 heavy (non-hydrogen) atoms. The third kappa shape index (κ3) is 1.88. The van der Waals surface area contributed by atoms with Crippen molar-refractivity contribution in [3.8, 4) is 5.75 Å². The summed E-state index contributed by atoms with van der Waals surface area (Å²) in [6.07, 6.45) is 2.43. The van der Waals surface area contributed by atoms with E-state index in [0.717, 1.165) is 12.2 Å². The molecular weight excluding hydrogens is 260 g/mol. The van der Waals surface area contributed by atoms with Gasteiger partial charge in [0.25, 0.3) is 0 Å². The average Bonchev–Trinajstić information content (AvgIpc) is 2.99. The number of ether oxygens (including phenoxy) is 1. The van der Waals surface area contributed by atoms with Gasteiger partial charge in [0.05, 0.1) is 11.5 Å². The molecule has 3 aliphatic rings. The SMILES string of the molecule is O=S1(=O)C[C@H]2[C@H](C1)[C@@H]1C[C@H]2[C@H](Oc2ccccc2)C1. The summed E-state index contributed by atoms with van der Waals surface area (Å²) in [5.41, 5.74) is 0. The molecule has 102 valence electrons. The monoisotopic (exact) mass is 278 g/mol. The lowest BCUT2D eigenvalue weighted by atomic mass is 9.80. The van der Waals surface area contributed by atoms with Gasteiger partial charge in [0.2, 0.25) is 0 Å². The number of fused-ring (bicyclic) bond motifs is 5. The van der Waals surface area contributed by atoms with E-state index >= 15 is 0 Å². The van der Waals surface area contributed by atoms with Gasteiger partial charge in [-0.25, -0.2) is 8.42 Å². The van der Waals surface area contributed by atoms with E-state index in [-0.39, 0.29) is 6.10 Å². The van der Waals surface area contributed by atoms with Gasteiger partial charge in [-0.2, -0.15) is 0 Å². The first kappa shape index (κ1) is 11.8. The van der Waals surface area contributed by atoms with E-state index in [1.54, 1.807) is 0 Å². The van der Waals surface area contributed by atoms with Crippen molar-refractivity contribution in [2.45, 2.75) is 18.9 Å². The summed E-state index contributed by atoms with van der Waals surface area (Å²) in [6, 6.07) is 9.90. The molecule has 2 saturated carbocycles. The second kappa shape index (κ2) is 3.98. The lowest BCUT2D eigenvalue weighted by Crippen LogP contribution is -2.34. The van der Waals surface area contributed by atoms with Crippen LogP contribution in [0.3, 0.4) is 0 Å². The minimum Gasteiger partial charge on any atom is -0.490 e. The molecule has 2 aliphatic carbocycles. The van der Waals surface area contributed by atoms with Crippen molar-refractivity contribution in [1.82, 2.24) is 0 Å². The Bertz CT molecular complexity index is 581. The fourth-order valence-corrected chi connectivity index (χ4v) is 6.83. The van der Waals surface area contributed by atoms with Crippen LogP contribution in [0, 0.1) is 23.7 Å². The Morgan fingerprint density at radius 2 is 1.68 bits per heavy atom. The van der Waals surface area contributed by atoms with Gasteiger partial charge < -0.3 is 4.74 Å². The van der Waals surface area contributed by atoms with Crippen LogP contribution in [0.2, 0.25) is 0 Å². The zero-order chi connectivity index (χ0) is 13.0. The second-order valence-corrected chi connectivity index (χ2v) is 8.42. The topological polar surface area (TPSA) is 43.4 Å². The molecule has 0 unspecified atom stereocenters. The molecule has 3 nitrogen and oxygen atoms in total. The third-order valence-corrected chi connectivity index (χ3v) is 7.00. The first-order valence-corrected chi connectivity index (χ1v) is 8.87. The van der Waals surface area contributed by atoms with Gasteiger partial charge in [0.15, 0.2) is 9.84 Å². The summed E-state index contributed by atoms with van der Waals surface area (Å²) in [7, 11) is -2.78. The van der Waals surface area contributed by atoms with Crippen molar-refractivity contribution in [2.24, 2.45) is 23.7 Å². The van der Waals surface area contributed by atoms with Crippen molar-refractivity contribution in [1.29, 1.82) is 0 Å². The Hall–Kier alpha value is -1.03. The van der Waals surface area contributed by atoms with E-state index in [1.165, 1.54) is 6.42 Å². The highest BCUT2D eigenvalue weighted by Gasteiger charge is 2.58. The molecule has 0 aromatic heterocycles. The molecule has 4 rings (SSSR count). The highest BCUT2D eigenvalue weighted by molar-refractivity contribution is 7.91. The van der Waals surface area contributed by atoms with Gasteiger partial charge in [-0.3, -0.25) is 0 Å². The first-order valence-electron chi connectivity index (χ1n) is 7.04. The third-order valence-electron chi connectivity index (χ3n) is 5.22. The maximum absolute atomic E-state index is 11.8. The molecule has 1 aromatic carbocycles. The normalized spacial score (nSPS) is 42.2. The Balaban J connectivity index is 1.54. The van der Waals surface area contributed by atoms with E-state index < -0.39 is 9.84 Å². The highest BCUT2D eigenvalue weighted by atomic mass is 32.2. The smallest absolute Gasteiger partial charge is 0.150 e. The van der Waals surface area contributed by atoms with E-state index in [1.807, 2.05) is 30.3 Å². The molecule has 3 fully saturated rings. The van der Waals surface area contributed by atoms with E-state index in [0.29, 0.717) is 35.2 Å². The van der Waals surface area contributed by atoms with Crippen LogP contribution in [-0.2, 0) is 9.84 Å². The molecule has 4 heteroatoms. The van der Waals surface area contributed by atoms with Gasteiger partial charge in [-0.1, -0.05) is 18.2 Å². The predicted octanol–water partition coefficient (Wildman–Crippen LogP) is 2.13.